The Balaban J connectivity index is 1.57. The highest BCUT2D eigenvalue weighted by Crippen LogP contribution is 2.24. The highest BCUT2D eigenvalue weighted by atomic mass is 32.2. The third-order valence-corrected chi connectivity index (χ3v) is 7.85. The molecule has 0 saturated carbocycles. The van der Waals surface area contributed by atoms with Crippen LogP contribution in [0.3, 0.4) is 0 Å². The summed E-state index contributed by atoms with van der Waals surface area (Å²) < 4.78 is 32.4. The molecule has 0 unspecified atom stereocenters. The van der Waals surface area contributed by atoms with Crippen LogP contribution in [0.2, 0.25) is 0 Å². The molecule has 0 saturated heterocycles. The summed E-state index contributed by atoms with van der Waals surface area (Å²) in [4.78, 5) is 53.4. The van der Waals surface area contributed by atoms with Gasteiger partial charge in [-0.05, 0) is 30.3 Å². The second-order valence-electron chi connectivity index (χ2n) is 7.79. The van der Waals surface area contributed by atoms with Crippen LogP contribution in [0.25, 0.3) is 10.9 Å². The van der Waals surface area contributed by atoms with Crippen LogP contribution in [-0.4, -0.2) is 66.6 Å². The van der Waals surface area contributed by atoms with Gasteiger partial charge in [0.25, 0.3) is 11.8 Å². The Hall–Kier alpha value is -3.83. The molecule has 2 amide bonds. The number of nitrogens with zero attached hydrogens (tertiary/aromatic N) is 2. The average molecular weight is 498 g/mol. The summed E-state index contributed by atoms with van der Waals surface area (Å²) in [5, 5.41) is 0.198. The smallest absolute Gasteiger partial charge is 0.339 e. The molecule has 0 atom stereocenters. The average Bonchev–Trinajstić information content (AvgIpc) is 3.08. The molecular weight excluding hydrogens is 474 g/mol. The predicted octanol–water partition coefficient (Wildman–Crippen LogP) is 2.01. The molecule has 10 nitrogen and oxygen atoms in total. The number of hydrogen-bond acceptors (Lipinski definition) is 7. The number of carbonyl (C=O) groups is 3. The first-order chi connectivity index (χ1) is 16.7. The molecule has 1 N–H and O–H groups in total. The summed E-state index contributed by atoms with van der Waals surface area (Å²) in [5.74, 6) is -1.83. The Kier molecular flexibility index (Phi) is 6.55. The first-order valence-electron chi connectivity index (χ1n) is 11.0. The van der Waals surface area contributed by atoms with Gasteiger partial charge in [-0.2, -0.15) is 4.31 Å². The van der Waals surface area contributed by atoms with Crippen molar-refractivity contribution in [2.75, 3.05) is 26.2 Å². The van der Waals surface area contributed by atoms with Crippen LogP contribution in [0, 0.1) is 0 Å². The van der Waals surface area contributed by atoms with Gasteiger partial charge in [-0.15, -0.1) is 0 Å². The molecule has 11 heteroatoms. The third kappa shape index (κ3) is 4.35. The molecule has 1 aliphatic heterocycles. The topological polar surface area (TPSA) is 134 Å². The normalized spacial score (nSPS) is 13.5. The lowest BCUT2D eigenvalue weighted by molar-refractivity contribution is 0.0422. The van der Waals surface area contributed by atoms with Crippen molar-refractivity contribution < 1.29 is 27.5 Å². The van der Waals surface area contributed by atoms with Gasteiger partial charge in [0.15, 0.2) is 0 Å². The summed E-state index contributed by atoms with van der Waals surface area (Å²) >= 11 is 0. The minimum atomic E-state index is -3.80. The molecule has 1 aromatic heterocycles. The Bertz CT molecular complexity index is 1470. The van der Waals surface area contributed by atoms with Crippen LogP contribution >= 0.6 is 0 Å². The fourth-order valence-corrected chi connectivity index (χ4v) is 5.51. The zero-order valence-electron chi connectivity index (χ0n) is 19.1. The van der Waals surface area contributed by atoms with Gasteiger partial charge in [-0.25, -0.2) is 13.2 Å². The van der Waals surface area contributed by atoms with Crippen molar-refractivity contribution in [3.05, 3.63) is 75.6 Å². The number of ether oxygens (including phenoxy) is 1. The number of amides is 2. The van der Waals surface area contributed by atoms with Crippen molar-refractivity contribution in [1.29, 1.82) is 0 Å². The zero-order chi connectivity index (χ0) is 25.3. The number of esters is 1. The maximum Gasteiger partial charge on any atom is 0.339 e. The maximum atomic E-state index is 12.9. The zero-order valence-corrected chi connectivity index (χ0v) is 19.9. The number of fused-ring (bicyclic) bond motifs is 2. The van der Waals surface area contributed by atoms with Gasteiger partial charge in [0.05, 0.1) is 28.1 Å². The number of nitrogens with one attached hydrogen (secondary N) is 1. The van der Waals surface area contributed by atoms with Crippen molar-refractivity contribution in [1.82, 2.24) is 14.2 Å². The van der Waals surface area contributed by atoms with Crippen LogP contribution < -0.4 is 5.56 Å². The number of pyridine rings is 1. The van der Waals surface area contributed by atoms with Crippen LogP contribution in [0.1, 0.15) is 44.9 Å². The molecular formula is C24H23N3O7S. The van der Waals surface area contributed by atoms with E-state index in [1.165, 1.54) is 22.5 Å². The van der Waals surface area contributed by atoms with E-state index in [9.17, 15) is 27.6 Å². The summed E-state index contributed by atoms with van der Waals surface area (Å²) in [6.45, 7) is 3.52. The molecule has 4 rings (SSSR count). The molecule has 0 bridgehead atoms. The van der Waals surface area contributed by atoms with Crippen molar-refractivity contribution in [3.8, 4) is 0 Å². The molecule has 0 spiro atoms. The maximum absolute atomic E-state index is 12.9. The Morgan fingerprint density at radius 1 is 0.971 bits per heavy atom. The summed E-state index contributed by atoms with van der Waals surface area (Å²) in [6, 6.07) is 11.5. The highest BCUT2D eigenvalue weighted by Gasteiger charge is 2.35. The van der Waals surface area contributed by atoms with E-state index in [1.54, 1.807) is 38.1 Å². The van der Waals surface area contributed by atoms with E-state index in [1.807, 2.05) is 0 Å². The van der Waals surface area contributed by atoms with Gasteiger partial charge >= 0.3 is 5.97 Å². The van der Waals surface area contributed by atoms with Gasteiger partial charge in [-0.1, -0.05) is 26.0 Å². The number of carbonyl (C=O) groups excluding carboxylic acids is 3. The van der Waals surface area contributed by atoms with Gasteiger partial charge < -0.3 is 9.72 Å². The molecule has 2 aromatic carbocycles. The van der Waals surface area contributed by atoms with Crippen molar-refractivity contribution in [2.24, 2.45) is 0 Å². The van der Waals surface area contributed by atoms with Crippen LogP contribution in [-0.2, 0) is 14.8 Å². The number of H-pyrrole nitrogens is 1. The third-order valence-electron chi connectivity index (χ3n) is 5.80. The number of hydrogen-bond donors (Lipinski definition) is 1. The molecule has 0 aliphatic carbocycles. The van der Waals surface area contributed by atoms with E-state index in [-0.39, 0.29) is 58.7 Å². The van der Waals surface area contributed by atoms with Gasteiger partial charge in [-0.3, -0.25) is 19.3 Å². The molecule has 0 radical (unpaired) electrons. The summed E-state index contributed by atoms with van der Waals surface area (Å²) in [6.07, 6.45) is 0. The van der Waals surface area contributed by atoms with E-state index in [2.05, 4.69) is 4.98 Å². The SMILES string of the molecule is CCN(CC)S(=O)(=O)c1ccc2[nH]c(=O)cc(C(=O)OCCN3C(=O)c4ccccc4C3=O)c2c1. The largest absolute Gasteiger partial charge is 0.460 e. The molecule has 3 aromatic rings. The fraction of sp³-hybridized carbons (Fsp3) is 0.250. The summed E-state index contributed by atoms with van der Waals surface area (Å²) in [7, 11) is -3.80. The number of benzene rings is 2. The molecule has 0 fully saturated rings. The molecule has 1 aliphatic rings. The van der Waals surface area contributed by atoms with E-state index in [0.29, 0.717) is 0 Å². The Labute approximate surface area is 201 Å². The van der Waals surface area contributed by atoms with E-state index in [4.69, 9.17) is 4.74 Å². The predicted molar refractivity (Wildman–Crippen MR) is 127 cm³/mol. The van der Waals surface area contributed by atoms with E-state index in [0.717, 1.165) is 11.0 Å². The first-order valence-corrected chi connectivity index (χ1v) is 12.4. The number of imide groups is 1. The molecule has 2 heterocycles. The lowest BCUT2D eigenvalue weighted by Crippen LogP contribution is -2.33. The number of aromatic nitrogens is 1. The second kappa shape index (κ2) is 9.43. The summed E-state index contributed by atoms with van der Waals surface area (Å²) in [5.41, 5.74) is 0.146. The van der Waals surface area contributed by atoms with Crippen molar-refractivity contribution in [2.45, 2.75) is 18.7 Å². The van der Waals surface area contributed by atoms with Crippen molar-refractivity contribution >= 4 is 38.7 Å². The van der Waals surface area contributed by atoms with Crippen molar-refractivity contribution in [3.63, 3.8) is 0 Å². The first kappa shape index (κ1) is 24.3. The minimum absolute atomic E-state index is 0.0270. The van der Waals surface area contributed by atoms with Crippen LogP contribution in [0.4, 0.5) is 0 Å². The van der Waals surface area contributed by atoms with E-state index < -0.39 is 33.4 Å². The lowest BCUT2D eigenvalue weighted by Gasteiger charge is -2.19. The Morgan fingerprint density at radius 2 is 1.60 bits per heavy atom. The van der Waals surface area contributed by atoms with Gasteiger partial charge in [0.1, 0.15) is 6.61 Å². The molecule has 182 valence electrons. The lowest BCUT2D eigenvalue weighted by atomic mass is 10.1. The van der Waals surface area contributed by atoms with E-state index >= 15 is 0 Å². The van der Waals surface area contributed by atoms with Gasteiger partial charge in [0.2, 0.25) is 15.6 Å². The quantitative estimate of drug-likeness (QED) is 0.372. The monoisotopic (exact) mass is 497 g/mol. The van der Waals surface area contributed by atoms with Crippen LogP contribution in [0.15, 0.2) is 58.2 Å². The number of rotatable bonds is 8. The second-order valence-corrected chi connectivity index (χ2v) is 9.73. The number of sulfonamides is 1. The van der Waals surface area contributed by atoms with Gasteiger partial charge in [0, 0.05) is 30.1 Å². The standard InChI is InChI=1S/C24H23N3O7S/c1-3-26(4-2)35(32,33)15-9-10-20-18(13-15)19(14-21(28)25-20)24(31)34-12-11-27-22(29)16-7-5-6-8-17(16)23(27)30/h5-10,13-14H,3-4,11-12H2,1-2H3,(H,25,28). The highest BCUT2D eigenvalue weighted by molar-refractivity contribution is 7.89. The van der Waals surface area contributed by atoms with Crippen LogP contribution in [0.5, 0.6) is 0 Å². The number of aromatic amines is 1. The Morgan fingerprint density at radius 3 is 2.20 bits per heavy atom. The minimum Gasteiger partial charge on any atom is -0.460 e. The fourth-order valence-electron chi connectivity index (χ4n) is 4.02. The molecule has 35 heavy (non-hydrogen) atoms.